The van der Waals surface area contributed by atoms with Crippen LogP contribution < -0.4 is 4.80 Å². The number of aromatic nitrogens is 2. The standard InChI is InChI=1S/C17H16ClN3OS/c1-3-11-6-9-14(10-15(11)22)19-17-21(2)20-16(23-17)12-4-7-13(18)8-5-12/h4-10,22H,3H2,1-2H3. The van der Waals surface area contributed by atoms with Crippen molar-refractivity contribution in [1.82, 2.24) is 9.78 Å². The van der Waals surface area contributed by atoms with Gasteiger partial charge in [0.2, 0.25) is 4.80 Å². The molecule has 3 aromatic rings. The first-order valence-corrected chi connectivity index (χ1v) is 8.43. The lowest BCUT2D eigenvalue weighted by molar-refractivity contribution is 0.469. The Morgan fingerprint density at radius 1 is 1.22 bits per heavy atom. The zero-order valence-electron chi connectivity index (χ0n) is 12.8. The maximum absolute atomic E-state index is 9.96. The molecule has 0 aliphatic rings. The van der Waals surface area contributed by atoms with E-state index in [1.807, 2.05) is 50.4 Å². The number of hydrogen-bond donors (Lipinski definition) is 1. The van der Waals surface area contributed by atoms with Gasteiger partial charge in [-0.3, -0.25) is 0 Å². The summed E-state index contributed by atoms with van der Waals surface area (Å²) in [6.07, 6.45) is 0.793. The number of hydrogen-bond acceptors (Lipinski definition) is 4. The minimum atomic E-state index is 0.277. The molecule has 0 spiro atoms. The Morgan fingerprint density at radius 3 is 2.61 bits per heavy atom. The number of nitrogens with zero attached hydrogens (tertiary/aromatic N) is 3. The Kier molecular flexibility index (Phi) is 4.50. The molecule has 0 saturated heterocycles. The van der Waals surface area contributed by atoms with E-state index in [2.05, 4.69) is 10.1 Å². The van der Waals surface area contributed by atoms with Crippen LogP contribution >= 0.6 is 22.9 Å². The van der Waals surface area contributed by atoms with Crippen molar-refractivity contribution in [3.63, 3.8) is 0 Å². The third-order valence-corrected chi connectivity index (χ3v) is 4.77. The molecule has 0 atom stereocenters. The van der Waals surface area contributed by atoms with Gasteiger partial charge in [-0.1, -0.05) is 48.1 Å². The minimum Gasteiger partial charge on any atom is -0.508 e. The molecule has 3 rings (SSSR count). The van der Waals surface area contributed by atoms with E-state index in [4.69, 9.17) is 11.6 Å². The Hall–Kier alpha value is -2.11. The lowest BCUT2D eigenvalue weighted by Gasteiger charge is -2.01. The van der Waals surface area contributed by atoms with Gasteiger partial charge in [0.05, 0.1) is 5.69 Å². The van der Waals surface area contributed by atoms with E-state index in [0.717, 1.165) is 27.4 Å². The van der Waals surface area contributed by atoms with Crippen LogP contribution in [0.3, 0.4) is 0 Å². The van der Waals surface area contributed by atoms with Crippen LogP contribution in [0.2, 0.25) is 5.02 Å². The van der Waals surface area contributed by atoms with Crippen molar-refractivity contribution in [3.05, 3.63) is 57.9 Å². The molecule has 0 aliphatic carbocycles. The van der Waals surface area contributed by atoms with Crippen molar-refractivity contribution in [2.75, 3.05) is 0 Å². The fourth-order valence-corrected chi connectivity index (χ4v) is 3.23. The van der Waals surface area contributed by atoms with Gasteiger partial charge >= 0.3 is 0 Å². The number of halogens is 1. The number of rotatable bonds is 3. The minimum absolute atomic E-state index is 0.277. The quantitative estimate of drug-likeness (QED) is 0.769. The van der Waals surface area contributed by atoms with Crippen LogP contribution in [0.1, 0.15) is 12.5 Å². The van der Waals surface area contributed by atoms with Crippen LogP contribution in [0.5, 0.6) is 5.75 Å². The van der Waals surface area contributed by atoms with E-state index in [-0.39, 0.29) is 5.75 Å². The topological polar surface area (TPSA) is 50.4 Å². The maximum atomic E-state index is 9.96. The van der Waals surface area contributed by atoms with Gasteiger partial charge in [0.25, 0.3) is 0 Å². The van der Waals surface area contributed by atoms with E-state index < -0.39 is 0 Å². The van der Waals surface area contributed by atoms with Gasteiger partial charge < -0.3 is 5.11 Å². The van der Waals surface area contributed by atoms with Crippen LogP contribution in [0.4, 0.5) is 5.69 Å². The molecule has 0 bridgehead atoms. The van der Waals surface area contributed by atoms with Crippen LogP contribution in [0, 0.1) is 0 Å². The smallest absolute Gasteiger partial charge is 0.208 e. The van der Waals surface area contributed by atoms with Crippen LogP contribution in [0.15, 0.2) is 47.5 Å². The Labute approximate surface area is 143 Å². The lowest BCUT2D eigenvalue weighted by atomic mass is 10.1. The molecule has 1 N–H and O–H groups in total. The highest BCUT2D eigenvalue weighted by Gasteiger charge is 2.06. The largest absolute Gasteiger partial charge is 0.508 e. The summed E-state index contributed by atoms with van der Waals surface area (Å²) in [5, 5.41) is 16.0. The maximum Gasteiger partial charge on any atom is 0.208 e. The molecule has 0 radical (unpaired) electrons. The summed E-state index contributed by atoms with van der Waals surface area (Å²) in [6.45, 7) is 2.01. The average Bonchev–Trinajstić information content (AvgIpc) is 2.89. The van der Waals surface area contributed by atoms with Gasteiger partial charge in [-0.2, -0.15) is 5.10 Å². The number of phenols is 1. The summed E-state index contributed by atoms with van der Waals surface area (Å²) in [5.74, 6) is 0.277. The van der Waals surface area contributed by atoms with Crippen LogP contribution in [-0.2, 0) is 13.5 Å². The zero-order valence-corrected chi connectivity index (χ0v) is 14.4. The Balaban J connectivity index is 2.00. The molecule has 6 heteroatoms. The van der Waals surface area contributed by atoms with E-state index in [1.165, 1.54) is 11.3 Å². The molecular weight excluding hydrogens is 330 g/mol. The highest BCUT2D eigenvalue weighted by atomic mass is 35.5. The molecule has 0 unspecified atom stereocenters. The number of aromatic hydroxyl groups is 1. The number of phenolic OH excluding ortho intramolecular Hbond substituents is 1. The fraction of sp³-hybridized carbons (Fsp3) is 0.176. The summed E-state index contributed by atoms with van der Waals surface area (Å²) in [4.78, 5) is 5.34. The molecule has 0 aliphatic heterocycles. The third-order valence-electron chi connectivity index (χ3n) is 3.47. The van der Waals surface area contributed by atoms with Gasteiger partial charge in [-0.25, -0.2) is 9.67 Å². The highest BCUT2D eigenvalue weighted by molar-refractivity contribution is 7.12. The predicted molar refractivity (Wildman–Crippen MR) is 94.2 cm³/mol. The normalized spacial score (nSPS) is 11.9. The zero-order chi connectivity index (χ0) is 16.4. The predicted octanol–water partition coefficient (Wildman–Crippen LogP) is 4.30. The molecule has 0 saturated carbocycles. The highest BCUT2D eigenvalue weighted by Crippen LogP contribution is 2.25. The van der Waals surface area contributed by atoms with Crippen molar-refractivity contribution < 1.29 is 5.11 Å². The summed E-state index contributed by atoms with van der Waals surface area (Å²) in [7, 11) is 1.86. The summed E-state index contributed by atoms with van der Waals surface area (Å²) >= 11 is 7.41. The first-order chi connectivity index (χ1) is 11.1. The third kappa shape index (κ3) is 3.46. The summed E-state index contributed by atoms with van der Waals surface area (Å²) in [6, 6.07) is 13.0. The number of aryl methyl sites for hydroxylation is 2. The first-order valence-electron chi connectivity index (χ1n) is 7.23. The fourth-order valence-electron chi connectivity index (χ4n) is 2.19. The molecule has 1 heterocycles. The Morgan fingerprint density at radius 2 is 1.96 bits per heavy atom. The molecule has 0 amide bonds. The van der Waals surface area contributed by atoms with Crippen LogP contribution in [0.25, 0.3) is 10.6 Å². The second kappa shape index (κ2) is 6.56. The molecule has 2 aromatic carbocycles. The van der Waals surface area contributed by atoms with E-state index in [9.17, 15) is 5.11 Å². The van der Waals surface area contributed by atoms with Crippen LogP contribution in [-0.4, -0.2) is 14.9 Å². The summed E-state index contributed by atoms with van der Waals surface area (Å²) < 4.78 is 1.74. The lowest BCUT2D eigenvalue weighted by Crippen LogP contribution is -2.10. The van der Waals surface area contributed by atoms with Gasteiger partial charge in [-0.15, -0.1) is 0 Å². The van der Waals surface area contributed by atoms with Gasteiger partial charge in [0.1, 0.15) is 10.8 Å². The van der Waals surface area contributed by atoms with Gasteiger partial charge in [-0.05, 0) is 30.2 Å². The van der Waals surface area contributed by atoms with E-state index in [1.54, 1.807) is 10.7 Å². The molecular formula is C17H16ClN3OS. The molecule has 118 valence electrons. The summed E-state index contributed by atoms with van der Waals surface area (Å²) in [5.41, 5.74) is 2.63. The second-order valence-corrected chi connectivity index (χ2v) is 6.49. The van der Waals surface area contributed by atoms with Crippen molar-refractivity contribution in [1.29, 1.82) is 0 Å². The van der Waals surface area contributed by atoms with E-state index in [0.29, 0.717) is 10.7 Å². The molecule has 4 nitrogen and oxygen atoms in total. The Bertz CT molecular complexity index is 897. The van der Waals surface area contributed by atoms with Crippen molar-refractivity contribution in [2.24, 2.45) is 12.0 Å². The monoisotopic (exact) mass is 345 g/mol. The molecule has 0 fully saturated rings. The van der Waals surface area contributed by atoms with Crippen molar-refractivity contribution >= 4 is 28.6 Å². The molecule has 1 aromatic heterocycles. The SMILES string of the molecule is CCc1ccc(N=c2sc(-c3ccc(Cl)cc3)nn2C)cc1O. The van der Waals surface area contributed by atoms with Gasteiger partial charge in [0, 0.05) is 23.7 Å². The average molecular weight is 346 g/mol. The van der Waals surface area contributed by atoms with Gasteiger partial charge in [0.15, 0.2) is 0 Å². The number of benzene rings is 2. The molecule has 23 heavy (non-hydrogen) atoms. The second-order valence-electron chi connectivity index (χ2n) is 5.10. The first kappa shape index (κ1) is 15.8. The van der Waals surface area contributed by atoms with Crippen molar-refractivity contribution in [3.8, 4) is 16.3 Å². The van der Waals surface area contributed by atoms with E-state index >= 15 is 0 Å². The van der Waals surface area contributed by atoms with Crippen molar-refractivity contribution in [2.45, 2.75) is 13.3 Å².